The molecule has 0 unspecified atom stereocenters. The van der Waals surface area contributed by atoms with E-state index in [2.05, 4.69) is 32.9 Å². The fourth-order valence-corrected chi connectivity index (χ4v) is 4.80. The van der Waals surface area contributed by atoms with Crippen molar-refractivity contribution in [3.8, 4) is 5.75 Å². The number of benzene rings is 1. The predicted octanol–water partition coefficient (Wildman–Crippen LogP) is 4.46. The summed E-state index contributed by atoms with van der Waals surface area (Å²) in [5.41, 5.74) is 3.12. The number of hydrogen-bond donors (Lipinski definition) is 0. The minimum atomic E-state index is -0.252. The van der Waals surface area contributed by atoms with E-state index in [9.17, 15) is 4.79 Å². The number of hydrogen-bond acceptors (Lipinski definition) is 2. The molecule has 0 heterocycles. The van der Waals surface area contributed by atoms with Crippen LogP contribution in [0.1, 0.15) is 57.6 Å². The summed E-state index contributed by atoms with van der Waals surface area (Å²) in [5, 5.41) is 0. The molecule has 0 saturated heterocycles. The van der Waals surface area contributed by atoms with Gasteiger partial charge in [-0.1, -0.05) is 26.3 Å². The molecule has 3 atom stereocenters. The second-order valence-electron chi connectivity index (χ2n) is 7.43. The summed E-state index contributed by atoms with van der Waals surface area (Å²) in [5.74, 6) is 1.04. The highest BCUT2D eigenvalue weighted by Crippen LogP contribution is 2.57. The molecule has 2 aliphatic carbocycles. The second kappa shape index (κ2) is 4.86. The highest BCUT2D eigenvalue weighted by molar-refractivity contribution is 5.69. The maximum Gasteiger partial charge on any atom is 0.308 e. The first kappa shape index (κ1) is 14.6. The summed E-state index contributed by atoms with van der Waals surface area (Å²) in [6, 6.07) is 6.17. The Hall–Kier alpha value is -1.31. The van der Waals surface area contributed by atoms with E-state index in [1.165, 1.54) is 43.7 Å². The molecule has 113 valence electrons. The maximum atomic E-state index is 11.2. The number of aryl methyl sites for hydroxylation is 1. The monoisotopic (exact) mass is 285 g/mol. The van der Waals surface area contributed by atoms with Gasteiger partial charge in [0, 0.05) is 6.92 Å². The van der Waals surface area contributed by atoms with Gasteiger partial charge in [0.2, 0.25) is 0 Å². The molecule has 1 saturated carbocycles. The van der Waals surface area contributed by atoms with Crippen LogP contribution in [0.3, 0.4) is 0 Å². The van der Waals surface area contributed by atoms with E-state index in [1.807, 2.05) is 6.07 Å². The molecule has 0 bridgehead atoms. The smallest absolute Gasteiger partial charge is 0.308 e. The summed E-state index contributed by atoms with van der Waals surface area (Å²) in [6.45, 7) is 10.7. The van der Waals surface area contributed by atoms with Gasteiger partial charge in [-0.05, 0) is 72.6 Å². The molecule has 2 aliphatic rings. The SMILES string of the molecule is [CH2][C@]1(C)CCC[C@]2(C)c3cc(OC(C)=O)ccc3CC[C@@H]12. The Balaban J connectivity index is 2.05. The van der Waals surface area contributed by atoms with E-state index in [-0.39, 0.29) is 16.8 Å². The van der Waals surface area contributed by atoms with Crippen molar-refractivity contribution in [2.75, 3.05) is 0 Å². The van der Waals surface area contributed by atoms with Gasteiger partial charge in [0.1, 0.15) is 5.75 Å². The second-order valence-corrected chi connectivity index (χ2v) is 7.43. The van der Waals surface area contributed by atoms with Crippen LogP contribution in [0.25, 0.3) is 0 Å². The standard InChI is InChI=1S/C19H25O2/c1-13(20)21-15-8-6-14-7-9-17-18(2,3)10-5-11-19(17,4)16(14)12-15/h6,8,12,17H,2,5,7,9-11H2,1,3-4H3/t17-,18-,19+/m0/s1. The molecule has 0 N–H and O–H groups in total. The zero-order valence-corrected chi connectivity index (χ0v) is 13.4. The van der Waals surface area contributed by atoms with E-state index < -0.39 is 0 Å². The lowest BCUT2D eigenvalue weighted by Crippen LogP contribution is -2.48. The van der Waals surface area contributed by atoms with Gasteiger partial charge in [0.05, 0.1) is 0 Å². The molecule has 0 amide bonds. The number of carbonyl (C=O) groups excluding carboxylic acids is 1. The van der Waals surface area contributed by atoms with Crippen molar-refractivity contribution >= 4 is 5.97 Å². The van der Waals surface area contributed by atoms with Gasteiger partial charge < -0.3 is 4.74 Å². The first-order chi connectivity index (χ1) is 9.83. The minimum absolute atomic E-state index is 0.155. The lowest BCUT2D eigenvalue weighted by Gasteiger charge is -2.54. The van der Waals surface area contributed by atoms with Crippen LogP contribution < -0.4 is 4.74 Å². The third-order valence-electron chi connectivity index (χ3n) is 5.71. The Kier molecular flexibility index (Phi) is 3.38. The van der Waals surface area contributed by atoms with Gasteiger partial charge in [0.25, 0.3) is 0 Å². The van der Waals surface area contributed by atoms with Crippen molar-refractivity contribution in [1.82, 2.24) is 0 Å². The number of carbonyl (C=O) groups is 1. The summed E-state index contributed by atoms with van der Waals surface area (Å²) in [6.07, 6.45) is 5.98. The molecule has 0 spiro atoms. The molecule has 0 aromatic heterocycles. The predicted molar refractivity (Wildman–Crippen MR) is 84.2 cm³/mol. The molecule has 0 aliphatic heterocycles. The lowest BCUT2D eigenvalue weighted by atomic mass is 9.50. The normalized spacial score (nSPS) is 30.2. The van der Waals surface area contributed by atoms with Gasteiger partial charge in [-0.3, -0.25) is 4.79 Å². The number of ether oxygens (including phenoxy) is 1. The molecule has 21 heavy (non-hydrogen) atoms. The fraction of sp³-hybridized carbons (Fsp3) is 0.579. The average Bonchev–Trinajstić information content (AvgIpc) is 2.37. The van der Waals surface area contributed by atoms with Crippen LogP contribution in [0.4, 0.5) is 0 Å². The van der Waals surface area contributed by atoms with Crippen molar-refractivity contribution in [3.63, 3.8) is 0 Å². The van der Waals surface area contributed by atoms with Crippen molar-refractivity contribution in [2.24, 2.45) is 11.3 Å². The Morgan fingerprint density at radius 1 is 1.33 bits per heavy atom. The molecule has 1 aromatic carbocycles. The molecular weight excluding hydrogens is 260 g/mol. The molecule has 1 radical (unpaired) electrons. The lowest BCUT2D eigenvalue weighted by molar-refractivity contribution is -0.131. The summed E-state index contributed by atoms with van der Waals surface area (Å²) in [7, 11) is 0. The first-order valence-corrected chi connectivity index (χ1v) is 8.00. The summed E-state index contributed by atoms with van der Waals surface area (Å²) < 4.78 is 5.30. The number of fused-ring (bicyclic) bond motifs is 3. The Morgan fingerprint density at radius 2 is 2.10 bits per heavy atom. The van der Waals surface area contributed by atoms with Gasteiger partial charge in [-0.2, -0.15) is 0 Å². The minimum Gasteiger partial charge on any atom is -0.427 e. The Labute approximate surface area is 127 Å². The number of rotatable bonds is 1. The van der Waals surface area contributed by atoms with Gasteiger partial charge in [-0.15, -0.1) is 0 Å². The van der Waals surface area contributed by atoms with Crippen LogP contribution in [0.5, 0.6) is 5.75 Å². The topological polar surface area (TPSA) is 26.3 Å². The maximum absolute atomic E-state index is 11.2. The molecular formula is C19H25O2. The van der Waals surface area contributed by atoms with Crippen LogP contribution in [0.15, 0.2) is 18.2 Å². The van der Waals surface area contributed by atoms with Crippen molar-refractivity contribution in [1.29, 1.82) is 0 Å². The van der Waals surface area contributed by atoms with E-state index in [0.717, 1.165) is 6.42 Å². The fourth-order valence-electron chi connectivity index (χ4n) is 4.80. The first-order valence-electron chi connectivity index (χ1n) is 8.00. The van der Waals surface area contributed by atoms with Gasteiger partial charge in [0.15, 0.2) is 0 Å². The summed E-state index contributed by atoms with van der Waals surface area (Å²) >= 11 is 0. The third-order valence-corrected chi connectivity index (χ3v) is 5.71. The van der Waals surface area contributed by atoms with Crippen molar-refractivity contribution in [2.45, 2.75) is 58.3 Å². The highest BCUT2D eigenvalue weighted by Gasteiger charge is 2.49. The summed E-state index contributed by atoms with van der Waals surface area (Å²) in [4.78, 5) is 11.2. The Bertz CT molecular complexity index is 573. The quantitative estimate of drug-likeness (QED) is 0.562. The highest BCUT2D eigenvalue weighted by atomic mass is 16.5. The molecule has 2 nitrogen and oxygen atoms in total. The van der Waals surface area contributed by atoms with Crippen LogP contribution >= 0.6 is 0 Å². The van der Waals surface area contributed by atoms with Crippen LogP contribution in [0.2, 0.25) is 0 Å². The largest absolute Gasteiger partial charge is 0.427 e. The third kappa shape index (κ3) is 2.39. The zero-order valence-electron chi connectivity index (χ0n) is 13.4. The van der Waals surface area contributed by atoms with Gasteiger partial charge in [-0.25, -0.2) is 0 Å². The average molecular weight is 285 g/mol. The van der Waals surface area contributed by atoms with Gasteiger partial charge >= 0.3 is 5.97 Å². The molecule has 2 heteroatoms. The zero-order chi connectivity index (χ0) is 15.3. The van der Waals surface area contributed by atoms with Crippen LogP contribution in [-0.2, 0) is 16.6 Å². The van der Waals surface area contributed by atoms with E-state index in [0.29, 0.717) is 11.7 Å². The Morgan fingerprint density at radius 3 is 2.81 bits per heavy atom. The van der Waals surface area contributed by atoms with E-state index in [1.54, 1.807) is 0 Å². The molecule has 3 rings (SSSR count). The van der Waals surface area contributed by atoms with E-state index >= 15 is 0 Å². The molecule has 1 fully saturated rings. The molecule has 1 aromatic rings. The van der Waals surface area contributed by atoms with Crippen LogP contribution in [0, 0.1) is 18.3 Å². The van der Waals surface area contributed by atoms with E-state index in [4.69, 9.17) is 4.74 Å². The van der Waals surface area contributed by atoms with Crippen LogP contribution in [-0.4, -0.2) is 5.97 Å². The number of esters is 1. The van der Waals surface area contributed by atoms with Crippen molar-refractivity contribution < 1.29 is 9.53 Å². The van der Waals surface area contributed by atoms with Crippen molar-refractivity contribution in [3.05, 3.63) is 36.2 Å².